The topological polar surface area (TPSA) is 42.0 Å². The Morgan fingerprint density at radius 3 is 3.08 bits per heavy atom. The van der Waals surface area contributed by atoms with Crippen LogP contribution in [0.15, 0.2) is 24.5 Å². The molecule has 0 saturated heterocycles. The first-order valence-electron chi connectivity index (χ1n) is 4.09. The van der Waals surface area contributed by atoms with E-state index in [1.807, 2.05) is 0 Å². The predicted octanol–water partition coefficient (Wildman–Crippen LogP) is 1.64. The van der Waals surface area contributed by atoms with Gasteiger partial charge in [-0.25, -0.2) is 0 Å². The van der Waals surface area contributed by atoms with Crippen LogP contribution < -0.4 is 5.32 Å². The maximum Gasteiger partial charge on any atom is 0.252 e. The van der Waals surface area contributed by atoms with Crippen LogP contribution in [0, 0.1) is 0 Å². The number of nitrogens with zero attached hydrogens (tertiary/aromatic N) is 1. The Morgan fingerprint density at radius 1 is 1.62 bits per heavy atom. The summed E-state index contributed by atoms with van der Waals surface area (Å²) in [6.45, 7) is 0.733. The fourth-order valence-corrected chi connectivity index (χ4v) is 1.25. The highest BCUT2D eigenvalue weighted by Crippen LogP contribution is 1.95. The molecule has 13 heavy (non-hydrogen) atoms. The third kappa shape index (κ3) is 3.71. The van der Waals surface area contributed by atoms with Crippen molar-refractivity contribution in [1.29, 1.82) is 0 Å². The fraction of sp³-hybridized carbons (Fsp3) is 0.333. The van der Waals surface area contributed by atoms with Crippen molar-refractivity contribution >= 4 is 28.5 Å². The number of carbonyl (C=O) groups is 1. The average molecular weight is 290 g/mol. The molecule has 0 unspecified atom stereocenters. The lowest BCUT2D eigenvalue weighted by Gasteiger charge is -2.02. The molecular weight excluding hydrogens is 279 g/mol. The standard InChI is InChI=1S/C9H11IN2O/c10-4-2-6-12-9(13)8-3-1-5-11-7-8/h1,3,5,7H,2,4,6H2,(H,12,13). The highest BCUT2D eigenvalue weighted by molar-refractivity contribution is 14.1. The number of hydrogen-bond donors (Lipinski definition) is 1. The molecule has 4 heteroatoms. The minimum absolute atomic E-state index is 0.0436. The number of hydrogen-bond acceptors (Lipinski definition) is 2. The number of alkyl halides is 1. The van der Waals surface area contributed by atoms with Crippen LogP contribution >= 0.6 is 22.6 Å². The van der Waals surface area contributed by atoms with Gasteiger partial charge in [0, 0.05) is 23.4 Å². The average Bonchev–Trinajstić information content (AvgIpc) is 2.19. The second-order valence-corrected chi connectivity index (χ2v) is 3.62. The van der Waals surface area contributed by atoms with Crippen molar-refractivity contribution in [3.63, 3.8) is 0 Å². The third-order valence-electron chi connectivity index (χ3n) is 1.52. The van der Waals surface area contributed by atoms with E-state index in [9.17, 15) is 4.79 Å². The van der Waals surface area contributed by atoms with Gasteiger partial charge in [-0.05, 0) is 18.6 Å². The first-order chi connectivity index (χ1) is 6.34. The van der Waals surface area contributed by atoms with Crippen LogP contribution in [0.5, 0.6) is 0 Å². The molecule has 0 radical (unpaired) electrons. The number of amides is 1. The molecule has 0 spiro atoms. The van der Waals surface area contributed by atoms with E-state index in [0.29, 0.717) is 5.56 Å². The second kappa shape index (κ2) is 5.90. The number of halogens is 1. The quantitative estimate of drug-likeness (QED) is 0.520. The molecule has 0 aliphatic heterocycles. The molecule has 0 aliphatic rings. The molecule has 1 amide bonds. The van der Waals surface area contributed by atoms with E-state index < -0.39 is 0 Å². The van der Waals surface area contributed by atoms with E-state index in [4.69, 9.17) is 0 Å². The van der Waals surface area contributed by atoms with Crippen molar-refractivity contribution in [2.75, 3.05) is 11.0 Å². The summed E-state index contributed by atoms with van der Waals surface area (Å²) >= 11 is 2.29. The van der Waals surface area contributed by atoms with Crippen molar-refractivity contribution in [3.8, 4) is 0 Å². The molecule has 1 aromatic heterocycles. The number of nitrogens with one attached hydrogen (secondary N) is 1. The van der Waals surface area contributed by atoms with Gasteiger partial charge < -0.3 is 5.32 Å². The zero-order valence-corrected chi connectivity index (χ0v) is 9.32. The maximum atomic E-state index is 11.4. The van der Waals surface area contributed by atoms with E-state index in [1.54, 1.807) is 24.5 Å². The Kier molecular flexibility index (Phi) is 4.74. The summed E-state index contributed by atoms with van der Waals surface area (Å²) in [5.74, 6) is -0.0436. The van der Waals surface area contributed by atoms with Gasteiger partial charge in [0.25, 0.3) is 5.91 Å². The fourth-order valence-electron chi connectivity index (χ4n) is 0.868. The summed E-state index contributed by atoms with van der Waals surface area (Å²) in [6, 6.07) is 3.51. The third-order valence-corrected chi connectivity index (χ3v) is 2.28. The van der Waals surface area contributed by atoms with E-state index in [2.05, 4.69) is 32.9 Å². The van der Waals surface area contributed by atoms with E-state index >= 15 is 0 Å². The SMILES string of the molecule is O=C(NCCCI)c1cccnc1. The highest BCUT2D eigenvalue weighted by Gasteiger charge is 2.02. The zero-order valence-electron chi connectivity index (χ0n) is 7.16. The van der Waals surface area contributed by atoms with Crippen molar-refractivity contribution in [2.24, 2.45) is 0 Å². The van der Waals surface area contributed by atoms with E-state index in [-0.39, 0.29) is 5.91 Å². The highest BCUT2D eigenvalue weighted by atomic mass is 127. The molecule has 1 N–H and O–H groups in total. The van der Waals surface area contributed by atoms with Crippen LogP contribution in [0.1, 0.15) is 16.8 Å². The lowest BCUT2D eigenvalue weighted by molar-refractivity contribution is 0.0953. The Hall–Kier alpha value is -0.650. The van der Waals surface area contributed by atoms with Crippen LogP contribution in [0.2, 0.25) is 0 Å². The number of rotatable bonds is 4. The Bertz CT molecular complexity index is 264. The largest absolute Gasteiger partial charge is 0.352 e. The van der Waals surface area contributed by atoms with Crippen molar-refractivity contribution < 1.29 is 4.79 Å². The Balaban J connectivity index is 2.40. The molecule has 0 fully saturated rings. The molecule has 1 rings (SSSR count). The second-order valence-electron chi connectivity index (χ2n) is 2.54. The summed E-state index contributed by atoms with van der Waals surface area (Å²) in [4.78, 5) is 15.2. The number of aromatic nitrogens is 1. The van der Waals surface area contributed by atoms with Crippen LogP contribution in [-0.2, 0) is 0 Å². The molecule has 0 aromatic carbocycles. The minimum Gasteiger partial charge on any atom is -0.352 e. The lowest BCUT2D eigenvalue weighted by Crippen LogP contribution is -2.24. The van der Waals surface area contributed by atoms with Gasteiger partial charge in [0.05, 0.1) is 5.56 Å². The first-order valence-corrected chi connectivity index (χ1v) is 5.61. The van der Waals surface area contributed by atoms with E-state index in [0.717, 1.165) is 17.4 Å². The maximum absolute atomic E-state index is 11.4. The Labute approximate surface area is 91.1 Å². The number of carbonyl (C=O) groups excluding carboxylic acids is 1. The van der Waals surface area contributed by atoms with Gasteiger partial charge >= 0.3 is 0 Å². The van der Waals surface area contributed by atoms with Gasteiger partial charge in [-0.1, -0.05) is 22.6 Å². The normalized spacial score (nSPS) is 9.62. The van der Waals surface area contributed by atoms with Crippen molar-refractivity contribution in [3.05, 3.63) is 30.1 Å². The van der Waals surface area contributed by atoms with Gasteiger partial charge in [0.2, 0.25) is 0 Å². The molecule has 0 saturated carbocycles. The zero-order chi connectivity index (χ0) is 9.52. The van der Waals surface area contributed by atoms with Crippen LogP contribution in [0.3, 0.4) is 0 Å². The van der Waals surface area contributed by atoms with Gasteiger partial charge in [0.1, 0.15) is 0 Å². The number of pyridine rings is 1. The summed E-state index contributed by atoms with van der Waals surface area (Å²) < 4.78 is 1.06. The molecule has 70 valence electrons. The monoisotopic (exact) mass is 290 g/mol. The molecule has 0 aliphatic carbocycles. The summed E-state index contributed by atoms with van der Waals surface area (Å²) in [6.07, 6.45) is 4.23. The van der Waals surface area contributed by atoms with Crippen molar-refractivity contribution in [2.45, 2.75) is 6.42 Å². The first kappa shape index (κ1) is 10.4. The molecule has 0 bridgehead atoms. The van der Waals surface area contributed by atoms with Crippen molar-refractivity contribution in [1.82, 2.24) is 10.3 Å². The smallest absolute Gasteiger partial charge is 0.252 e. The molecule has 3 nitrogen and oxygen atoms in total. The molecular formula is C9H11IN2O. The molecule has 1 aromatic rings. The summed E-state index contributed by atoms with van der Waals surface area (Å²) in [5, 5.41) is 2.82. The summed E-state index contributed by atoms with van der Waals surface area (Å²) in [7, 11) is 0. The molecule has 1 heterocycles. The van der Waals surface area contributed by atoms with Crippen LogP contribution in [0.25, 0.3) is 0 Å². The van der Waals surface area contributed by atoms with Gasteiger partial charge in [-0.15, -0.1) is 0 Å². The van der Waals surface area contributed by atoms with Gasteiger partial charge in [-0.2, -0.15) is 0 Å². The van der Waals surface area contributed by atoms with Crippen LogP contribution in [0.4, 0.5) is 0 Å². The van der Waals surface area contributed by atoms with Gasteiger partial charge in [-0.3, -0.25) is 9.78 Å². The van der Waals surface area contributed by atoms with E-state index in [1.165, 1.54) is 0 Å². The minimum atomic E-state index is -0.0436. The summed E-state index contributed by atoms with van der Waals surface area (Å²) in [5.41, 5.74) is 0.621. The molecule has 0 atom stereocenters. The van der Waals surface area contributed by atoms with Crippen LogP contribution in [-0.4, -0.2) is 21.9 Å². The predicted molar refractivity (Wildman–Crippen MR) is 60.1 cm³/mol. The van der Waals surface area contributed by atoms with Gasteiger partial charge in [0.15, 0.2) is 0 Å². The Morgan fingerprint density at radius 2 is 2.46 bits per heavy atom. The lowest BCUT2D eigenvalue weighted by atomic mass is 10.2.